The molecule has 0 aliphatic heterocycles. The van der Waals surface area contributed by atoms with Crippen molar-refractivity contribution in [3.8, 4) is 11.5 Å². The van der Waals surface area contributed by atoms with Crippen molar-refractivity contribution in [1.29, 1.82) is 0 Å². The molecule has 0 bridgehead atoms. The lowest BCUT2D eigenvalue weighted by Crippen LogP contribution is -2.16. The van der Waals surface area contributed by atoms with E-state index in [1.54, 1.807) is 18.5 Å². The molecular weight excluding hydrogens is 459 g/mol. The van der Waals surface area contributed by atoms with Crippen LogP contribution in [-0.4, -0.2) is 30.1 Å². The standard InChI is InChI=1S/C22H20F3N3O4S/c1-2-30-20(29)11-17-14-33-21(27-17)28-26-12-15-5-3-4-6-16(15)13-31-18-7-9-19(10-8-18)32-22(23,24)25/h3-10,12,14H,2,11,13H2,1H3,(H,27,28). The normalized spacial score (nSPS) is 11.4. The first-order chi connectivity index (χ1) is 15.8. The molecule has 1 N–H and O–H groups in total. The number of benzene rings is 2. The number of ether oxygens (including phenoxy) is 3. The van der Waals surface area contributed by atoms with Crippen molar-refractivity contribution in [2.45, 2.75) is 26.3 Å². The van der Waals surface area contributed by atoms with E-state index in [1.165, 1.54) is 35.6 Å². The van der Waals surface area contributed by atoms with Gasteiger partial charge in [-0.15, -0.1) is 24.5 Å². The third kappa shape index (κ3) is 8.11. The zero-order chi connectivity index (χ0) is 23.7. The molecule has 3 rings (SSSR count). The summed E-state index contributed by atoms with van der Waals surface area (Å²) in [5.74, 6) is -0.262. The highest BCUT2D eigenvalue weighted by Gasteiger charge is 2.30. The smallest absolute Gasteiger partial charge is 0.489 e. The number of anilines is 1. The van der Waals surface area contributed by atoms with Gasteiger partial charge in [-0.3, -0.25) is 10.2 Å². The summed E-state index contributed by atoms with van der Waals surface area (Å²) in [6.45, 7) is 2.24. The van der Waals surface area contributed by atoms with Crippen LogP contribution in [0.3, 0.4) is 0 Å². The molecule has 0 aliphatic rings. The summed E-state index contributed by atoms with van der Waals surface area (Å²) in [6, 6.07) is 12.5. The zero-order valence-corrected chi connectivity index (χ0v) is 18.3. The van der Waals surface area contributed by atoms with Crippen LogP contribution in [0.4, 0.5) is 18.3 Å². The summed E-state index contributed by atoms with van der Waals surface area (Å²) < 4.78 is 51.2. The number of thiazole rings is 1. The molecule has 3 aromatic rings. The van der Waals surface area contributed by atoms with E-state index >= 15 is 0 Å². The van der Waals surface area contributed by atoms with Crippen molar-refractivity contribution in [1.82, 2.24) is 4.98 Å². The number of alkyl halides is 3. The van der Waals surface area contributed by atoms with Gasteiger partial charge in [0.2, 0.25) is 5.13 Å². The van der Waals surface area contributed by atoms with E-state index in [0.717, 1.165) is 11.1 Å². The predicted molar refractivity (Wildman–Crippen MR) is 118 cm³/mol. The maximum absolute atomic E-state index is 12.3. The Morgan fingerprint density at radius 1 is 1.15 bits per heavy atom. The highest BCUT2D eigenvalue weighted by molar-refractivity contribution is 7.13. The van der Waals surface area contributed by atoms with E-state index < -0.39 is 6.36 Å². The number of hydrazone groups is 1. The van der Waals surface area contributed by atoms with E-state index in [-0.39, 0.29) is 24.7 Å². The monoisotopic (exact) mass is 479 g/mol. The lowest BCUT2D eigenvalue weighted by molar-refractivity contribution is -0.274. The highest BCUT2D eigenvalue weighted by atomic mass is 32.1. The summed E-state index contributed by atoms with van der Waals surface area (Å²) in [5.41, 5.74) is 5.02. The van der Waals surface area contributed by atoms with Crippen LogP contribution in [0.15, 0.2) is 59.0 Å². The van der Waals surface area contributed by atoms with Crippen molar-refractivity contribution in [2.24, 2.45) is 5.10 Å². The molecule has 0 amide bonds. The van der Waals surface area contributed by atoms with Gasteiger partial charge in [-0.2, -0.15) is 5.10 Å². The number of carbonyl (C=O) groups is 1. The second kappa shape index (κ2) is 11.3. The van der Waals surface area contributed by atoms with Gasteiger partial charge in [0, 0.05) is 10.9 Å². The molecule has 0 saturated carbocycles. The van der Waals surface area contributed by atoms with E-state index in [4.69, 9.17) is 9.47 Å². The van der Waals surface area contributed by atoms with E-state index in [0.29, 0.717) is 23.2 Å². The molecule has 0 atom stereocenters. The highest BCUT2D eigenvalue weighted by Crippen LogP contribution is 2.25. The first-order valence-corrected chi connectivity index (χ1v) is 10.7. The number of aromatic nitrogens is 1. The van der Waals surface area contributed by atoms with Crippen molar-refractivity contribution in [3.05, 3.63) is 70.7 Å². The average molecular weight is 479 g/mol. The summed E-state index contributed by atoms with van der Waals surface area (Å²) in [7, 11) is 0. The van der Waals surface area contributed by atoms with Crippen LogP contribution >= 0.6 is 11.3 Å². The molecule has 0 spiro atoms. The number of halogens is 3. The van der Waals surface area contributed by atoms with Crippen LogP contribution in [-0.2, 0) is 22.6 Å². The molecular formula is C22H20F3N3O4S. The number of rotatable bonds is 10. The van der Waals surface area contributed by atoms with E-state index in [9.17, 15) is 18.0 Å². The van der Waals surface area contributed by atoms with Crippen LogP contribution in [0.25, 0.3) is 0 Å². The minimum atomic E-state index is -4.74. The van der Waals surface area contributed by atoms with Crippen LogP contribution < -0.4 is 14.9 Å². The van der Waals surface area contributed by atoms with Crippen LogP contribution in [0.2, 0.25) is 0 Å². The maximum Gasteiger partial charge on any atom is 0.573 e. The zero-order valence-electron chi connectivity index (χ0n) is 17.5. The minimum absolute atomic E-state index is 0.0964. The second-order valence-corrected chi connectivity index (χ2v) is 7.36. The molecule has 0 radical (unpaired) electrons. The fraction of sp³-hybridized carbons (Fsp3) is 0.227. The maximum atomic E-state index is 12.3. The molecule has 11 heteroatoms. The van der Waals surface area contributed by atoms with E-state index in [1.807, 2.05) is 24.3 Å². The molecule has 0 fully saturated rings. The summed E-state index contributed by atoms with van der Waals surface area (Å²) in [6.07, 6.45) is -3.04. The number of esters is 1. The van der Waals surface area contributed by atoms with Gasteiger partial charge < -0.3 is 14.2 Å². The number of nitrogens with one attached hydrogen (secondary N) is 1. The van der Waals surface area contributed by atoms with Crippen LogP contribution in [0.1, 0.15) is 23.7 Å². The van der Waals surface area contributed by atoms with Gasteiger partial charge in [-0.1, -0.05) is 24.3 Å². The summed E-state index contributed by atoms with van der Waals surface area (Å²) in [5, 5.41) is 6.46. The SMILES string of the molecule is CCOC(=O)Cc1csc(NN=Cc2ccccc2COc2ccc(OC(F)(F)F)cc2)n1. The van der Waals surface area contributed by atoms with Crippen molar-refractivity contribution < 1.29 is 32.2 Å². The topological polar surface area (TPSA) is 82.0 Å². The van der Waals surface area contributed by atoms with Crippen molar-refractivity contribution in [2.75, 3.05) is 12.0 Å². The van der Waals surface area contributed by atoms with Gasteiger partial charge in [0.05, 0.1) is 24.9 Å². The number of carbonyl (C=O) groups excluding carboxylic acids is 1. The molecule has 7 nitrogen and oxygen atoms in total. The number of hydrogen-bond donors (Lipinski definition) is 1. The quantitative estimate of drug-likeness (QED) is 0.245. The van der Waals surface area contributed by atoms with Crippen LogP contribution in [0, 0.1) is 0 Å². The predicted octanol–water partition coefficient (Wildman–Crippen LogP) is 5.17. The third-order valence-corrected chi connectivity index (χ3v) is 4.85. The van der Waals surface area contributed by atoms with Gasteiger partial charge in [-0.25, -0.2) is 4.98 Å². The number of hydrogen-bond acceptors (Lipinski definition) is 8. The van der Waals surface area contributed by atoms with Gasteiger partial charge in [0.25, 0.3) is 0 Å². The van der Waals surface area contributed by atoms with Gasteiger partial charge in [-0.05, 0) is 36.8 Å². The Hall–Kier alpha value is -3.60. The average Bonchev–Trinajstić information content (AvgIpc) is 3.20. The molecule has 0 saturated heterocycles. The third-order valence-electron chi connectivity index (χ3n) is 4.05. The Balaban J connectivity index is 1.55. The molecule has 0 aliphatic carbocycles. The first kappa shape index (κ1) is 24.1. The Kier molecular flexibility index (Phi) is 8.25. The van der Waals surface area contributed by atoms with Crippen molar-refractivity contribution in [3.63, 3.8) is 0 Å². The minimum Gasteiger partial charge on any atom is -0.489 e. The Labute approximate surface area is 191 Å². The molecule has 33 heavy (non-hydrogen) atoms. The van der Waals surface area contributed by atoms with Crippen molar-refractivity contribution >= 4 is 28.7 Å². The summed E-state index contributed by atoms with van der Waals surface area (Å²) in [4.78, 5) is 15.8. The lowest BCUT2D eigenvalue weighted by atomic mass is 10.1. The molecule has 1 heterocycles. The second-order valence-electron chi connectivity index (χ2n) is 6.50. The largest absolute Gasteiger partial charge is 0.573 e. The fourth-order valence-corrected chi connectivity index (χ4v) is 3.31. The fourth-order valence-electron chi connectivity index (χ4n) is 2.65. The molecule has 1 aromatic heterocycles. The van der Waals surface area contributed by atoms with Crippen LogP contribution in [0.5, 0.6) is 11.5 Å². The molecule has 2 aromatic carbocycles. The molecule has 174 valence electrons. The Morgan fingerprint density at radius 3 is 2.61 bits per heavy atom. The Bertz CT molecular complexity index is 1080. The summed E-state index contributed by atoms with van der Waals surface area (Å²) >= 11 is 1.31. The number of nitrogens with zero attached hydrogens (tertiary/aromatic N) is 2. The van der Waals surface area contributed by atoms with E-state index in [2.05, 4.69) is 20.2 Å². The van der Waals surface area contributed by atoms with Gasteiger partial charge in [0.1, 0.15) is 18.1 Å². The lowest BCUT2D eigenvalue weighted by Gasteiger charge is -2.11. The molecule has 0 unspecified atom stereocenters. The van der Waals surface area contributed by atoms with Gasteiger partial charge in [0.15, 0.2) is 0 Å². The first-order valence-electron chi connectivity index (χ1n) is 9.78. The van der Waals surface area contributed by atoms with Gasteiger partial charge >= 0.3 is 12.3 Å². The Morgan fingerprint density at radius 2 is 1.88 bits per heavy atom.